The fraction of sp³-hybridized carbons (Fsp3) is 0.364. The lowest BCUT2D eigenvalue weighted by atomic mass is 10.2. The van der Waals surface area contributed by atoms with Crippen LogP contribution in [0, 0.1) is 6.92 Å². The maximum Gasteiger partial charge on any atom is 0.234 e. The zero-order valence-electron chi connectivity index (χ0n) is 9.00. The van der Waals surface area contributed by atoms with E-state index >= 15 is 0 Å². The molecule has 2 N–H and O–H groups in total. The number of hydrogen-bond acceptors (Lipinski definition) is 3. The van der Waals surface area contributed by atoms with Crippen molar-refractivity contribution < 1.29 is 9.90 Å². The van der Waals surface area contributed by atoms with Crippen LogP contribution in [0.4, 0.5) is 5.69 Å². The highest BCUT2D eigenvalue weighted by Crippen LogP contribution is 2.20. The lowest BCUT2D eigenvalue weighted by molar-refractivity contribution is -0.113. The second-order valence-corrected chi connectivity index (χ2v) is 5.25. The number of thioether (sulfide) groups is 1. The first-order valence-corrected chi connectivity index (χ1v) is 6.83. The van der Waals surface area contributed by atoms with E-state index in [4.69, 9.17) is 5.11 Å². The molecule has 0 radical (unpaired) electrons. The van der Waals surface area contributed by atoms with Crippen molar-refractivity contribution in [2.24, 2.45) is 0 Å². The van der Waals surface area contributed by atoms with Gasteiger partial charge < -0.3 is 10.4 Å². The summed E-state index contributed by atoms with van der Waals surface area (Å²) in [6.07, 6.45) is 0. The minimum absolute atomic E-state index is 0.0470. The third-order valence-corrected chi connectivity index (χ3v) is 3.72. The van der Waals surface area contributed by atoms with Crippen LogP contribution in [0.3, 0.4) is 0 Å². The first kappa shape index (κ1) is 13.5. The van der Waals surface area contributed by atoms with Gasteiger partial charge in [0.25, 0.3) is 0 Å². The second-order valence-electron chi connectivity index (χ2n) is 3.29. The highest BCUT2D eigenvalue weighted by Gasteiger charge is 2.03. The Hall–Kier alpha value is -0.520. The zero-order chi connectivity index (χ0) is 12.0. The minimum atomic E-state index is -0.0470. The van der Waals surface area contributed by atoms with Crippen LogP contribution in [-0.4, -0.2) is 29.1 Å². The van der Waals surface area contributed by atoms with Crippen LogP contribution in [-0.2, 0) is 4.79 Å². The molecule has 1 rings (SSSR count). The largest absolute Gasteiger partial charge is 0.396 e. The monoisotopic (exact) mass is 303 g/mol. The van der Waals surface area contributed by atoms with Gasteiger partial charge in [0.2, 0.25) is 5.91 Å². The van der Waals surface area contributed by atoms with E-state index in [1.54, 1.807) is 0 Å². The van der Waals surface area contributed by atoms with Gasteiger partial charge in [0.15, 0.2) is 0 Å². The van der Waals surface area contributed by atoms with Gasteiger partial charge >= 0.3 is 0 Å². The second kappa shape index (κ2) is 6.93. The lowest BCUT2D eigenvalue weighted by Crippen LogP contribution is -2.14. The Morgan fingerprint density at radius 1 is 1.56 bits per heavy atom. The molecule has 5 heteroatoms. The number of nitrogens with one attached hydrogen (secondary N) is 1. The van der Waals surface area contributed by atoms with Gasteiger partial charge in [-0.05, 0) is 24.6 Å². The van der Waals surface area contributed by atoms with Crippen molar-refractivity contribution in [3.05, 3.63) is 28.2 Å². The average Bonchev–Trinajstić information content (AvgIpc) is 2.24. The van der Waals surface area contributed by atoms with Gasteiger partial charge in [0.1, 0.15) is 0 Å². The summed E-state index contributed by atoms with van der Waals surface area (Å²) in [6.45, 7) is 2.10. The summed E-state index contributed by atoms with van der Waals surface area (Å²) in [6, 6.07) is 5.69. The highest BCUT2D eigenvalue weighted by atomic mass is 79.9. The molecule has 1 amide bonds. The first-order valence-electron chi connectivity index (χ1n) is 4.88. The van der Waals surface area contributed by atoms with E-state index in [0.717, 1.165) is 15.7 Å². The highest BCUT2D eigenvalue weighted by molar-refractivity contribution is 9.10. The molecule has 1 aromatic rings. The van der Waals surface area contributed by atoms with Crippen LogP contribution >= 0.6 is 27.7 Å². The molecular formula is C11H14BrNO2S. The van der Waals surface area contributed by atoms with Crippen LogP contribution in [0.25, 0.3) is 0 Å². The third-order valence-electron chi connectivity index (χ3n) is 1.92. The van der Waals surface area contributed by atoms with Gasteiger partial charge in [0.05, 0.1) is 12.4 Å². The van der Waals surface area contributed by atoms with Crippen molar-refractivity contribution in [3.63, 3.8) is 0 Å². The molecule has 0 atom stereocenters. The van der Waals surface area contributed by atoms with E-state index in [-0.39, 0.29) is 12.5 Å². The van der Waals surface area contributed by atoms with Crippen molar-refractivity contribution in [2.45, 2.75) is 6.92 Å². The Balaban J connectivity index is 2.46. The SMILES string of the molecule is Cc1ccc(NC(=O)CSCCO)cc1Br. The molecule has 0 fully saturated rings. The van der Waals surface area contributed by atoms with Crippen LogP contribution in [0.1, 0.15) is 5.56 Å². The Morgan fingerprint density at radius 2 is 2.31 bits per heavy atom. The van der Waals surface area contributed by atoms with Crippen LogP contribution < -0.4 is 5.32 Å². The Kier molecular flexibility index (Phi) is 5.87. The van der Waals surface area contributed by atoms with Crippen molar-refractivity contribution >= 4 is 39.3 Å². The number of carbonyl (C=O) groups excluding carboxylic acids is 1. The van der Waals surface area contributed by atoms with Crippen molar-refractivity contribution in [1.82, 2.24) is 0 Å². The number of benzene rings is 1. The zero-order valence-corrected chi connectivity index (χ0v) is 11.4. The van der Waals surface area contributed by atoms with Crippen LogP contribution in [0.5, 0.6) is 0 Å². The number of aliphatic hydroxyl groups excluding tert-OH is 1. The molecule has 0 saturated carbocycles. The smallest absolute Gasteiger partial charge is 0.234 e. The summed E-state index contributed by atoms with van der Waals surface area (Å²) in [4.78, 5) is 11.5. The number of amides is 1. The molecule has 0 aliphatic rings. The quantitative estimate of drug-likeness (QED) is 0.821. The number of carbonyl (C=O) groups is 1. The topological polar surface area (TPSA) is 49.3 Å². The fourth-order valence-electron chi connectivity index (χ4n) is 1.10. The first-order chi connectivity index (χ1) is 7.63. The Labute approximate surface area is 108 Å². The van der Waals surface area contributed by atoms with E-state index in [1.807, 2.05) is 25.1 Å². The predicted molar refractivity (Wildman–Crippen MR) is 71.9 cm³/mol. The third kappa shape index (κ3) is 4.55. The fourth-order valence-corrected chi connectivity index (χ4v) is 2.01. The molecule has 1 aromatic carbocycles. The van der Waals surface area contributed by atoms with E-state index < -0.39 is 0 Å². The number of hydrogen-bond donors (Lipinski definition) is 2. The molecular weight excluding hydrogens is 290 g/mol. The molecule has 0 aliphatic carbocycles. The number of anilines is 1. The van der Waals surface area contributed by atoms with Crippen LogP contribution in [0.15, 0.2) is 22.7 Å². The molecule has 16 heavy (non-hydrogen) atoms. The van der Waals surface area contributed by atoms with E-state index in [9.17, 15) is 4.79 Å². The van der Waals surface area contributed by atoms with Crippen molar-refractivity contribution in [2.75, 3.05) is 23.4 Å². The predicted octanol–water partition coefficient (Wildman–Crippen LogP) is 2.42. The normalized spacial score (nSPS) is 10.2. The molecule has 0 aliphatic heterocycles. The summed E-state index contributed by atoms with van der Waals surface area (Å²) in [5.41, 5.74) is 1.92. The summed E-state index contributed by atoms with van der Waals surface area (Å²) in [5, 5.41) is 11.4. The standard InChI is InChI=1S/C11H14BrNO2S/c1-8-2-3-9(6-10(8)12)13-11(15)7-16-5-4-14/h2-3,6,14H,4-5,7H2,1H3,(H,13,15). The summed E-state index contributed by atoms with van der Waals surface area (Å²) >= 11 is 4.82. The van der Waals surface area contributed by atoms with Crippen molar-refractivity contribution in [1.29, 1.82) is 0 Å². The van der Waals surface area contributed by atoms with Crippen LogP contribution in [0.2, 0.25) is 0 Å². The summed E-state index contributed by atoms with van der Waals surface area (Å²) < 4.78 is 0.980. The summed E-state index contributed by atoms with van der Waals surface area (Å²) in [5.74, 6) is 0.908. The van der Waals surface area contributed by atoms with Gasteiger partial charge in [-0.15, -0.1) is 11.8 Å². The van der Waals surface area contributed by atoms with E-state index in [1.165, 1.54) is 11.8 Å². The Morgan fingerprint density at radius 3 is 2.94 bits per heavy atom. The maximum absolute atomic E-state index is 11.5. The van der Waals surface area contributed by atoms with E-state index in [0.29, 0.717) is 11.5 Å². The number of aliphatic hydroxyl groups is 1. The van der Waals surface area contributed by atoms with Gasteiger partial charge in [-0.1, -0.05) is 22.0 Å². The lowest BCUT2D eigenvalue weighted by Gasteiger charge is -2.06. The number of aryl methyl sites for hydroxylation is 1. The minimum Gasteiger partial charge on any atom is -0.396 e. The maximum atomic E-state index is 11.5. The molecule has 3 nitrogen and oxygen atoms in total. The van der Waals surface area contributed by atoms with Gasteiger partial charge in [-0.3, -0.25) is 4.79 Å². The van der Waals surface area contributed by atoms with Gasteiger partial charge in [0, 0.05) is 15.9 Å². The molecule has 0 heterocycles. The van der Waals surface area contributed by atoms with E-state index in [2.05, 4.69) is 21.2 Å². The molecule has 0 unspecified atom stereocenters. The van der Waals surface area contributed by atoms with Crippen molar-refractivity contribution in [3.8, 4) is 0 Å². The molecule has 88 valence electrons. The number of rotatable bonds is 5. The van der Waals surface area contributed by atoms with Gasteiger partial charge in [-0.2, -0.15) is 0 Å². The average molecular weight is 304 g/mol. The summed E-state index contributed by atoms with van der Waals surface area (Å²) in [7, 11) is 0. The number of halogens is 1. The molecule has 0 bridgehead atoms. The van der Waals surface area contributed by atoms with Gasteiger partial charge in [-0.25, -0.2) is 0 Å². The Bertz CT molecular complexity index is 371. The molecule has 0 spiro atoms. The molecule has 0 saturated heterocycles. The molecule has 0 aromatic heterocycles.